The molecule has 7 nitrogen and oxygen atoms in total. The molecule has 0 aromatic carbocycles. The van der Waals surface area contributed by atoms with E-state index in [2.05, 4.69) is 0 Å². The van der Waals surface area contributed by atoms with Crippen LogP contribution in [0.1, 0.15) is 22.1 Å². The van der Waals surface area contributed by atoms with E-state index in [1.807, 2.05) is 0 Å². The first-order valence-electron chi connectivity index (χ1n) is 6.32. The second kappa shape index (κ2) is 5.50. The molecule has 0 aromatic heterocycles. The minimum Gasteiger partial charge on any atom is -0.454 e. The predicted octanol–water partition coefficient (Wildman–Crippen LogP) is -1.62. The highest BCUT2D eigenvalue weighted by Gasteiger charge is 2.52. The maximum atomic E-state index is 11.6. The molecule has 0 saturated carbocycles. The third-order valence-corrected chi connectivity index (χ3v) is 2.78. The molecule has 106 valence electrons. The molecule has 6 atom stereocenters. The molecule has 18 heavy (non-hydrogen) atoms. The zero-order valence-electron chi connectivity index (χ0n) is 11.3. The monoisotopic (exact) mass is 265 g/mol. The Morgan fingerprint density at radius 2 is 2.17 bits per heavy atom. The minimum absolute atomic E-state index is 0.202. The highest BCUT2D eigenvalue weighted by molar-refractivity contribution is 5.71. The summed E-state index contributed by atoms with van der Waals surface area (Å²) in [6, 6.07) is 0. The molecule has 0 aliphatic carbocycles. The first kappa shape index (κ1) is 13.7. The normalized spacial score (nSPS) is 43.1. The van der Waals surface area contributed by atoms with E-state index in [-0.39, 0.29) is 6.90 Å². The lowest BCUT2D eigenvalue weighted by Gasteiger charge is -2.45. The summed E-state index contributed by atoms with van der Waals surface area (Å²) in [4.78, 5) is 11.6. The highest BCUT2D eigenvalue weighted by atomic mass is 16.7. The van der Waals surface area contributed by atoms with E-state index in [9.17, 15) is 20.1 Å². The average molecular weight is 265 g/mol. The van der Waals surface area contributed by atoms with Crippen molar-refractivity contribution in [2.24, 2.45) is 5.92 Å². The second-order valence-corrected chi connectivity index (χ2v) is 4.63. The maximum absolute atomic E-state index is 11.6. The Hall–Kier alpha value is -0.730. The van der Waals surface area contributed by atoms with E-state index in [1.54, 1.807) is 0 Å². The van der Waals surface area contributed by atoms with Gasteiger partial charge in [0, 0.05) is 1.37 Å². The first-order valence-corrected chi connectivity index (χ1v) is 5.61. The van der Waals surface area contributed by atoms with E-state index in [1.165, 1.54) is 6.92 Å². The molecular weight excluding hydrogens is 244 g/mol. The van der Waals surface area contributed by atoms with Gasteiger partial charge in [0.25, 0.3) is 0 Å². The van der Waals surface area contributed by atoms with Gasteiger partial charge < -0.3 is 29.9 Å². The van der Waals surface area contributed by atoms with E-state index >= 15 is 0 Å². The number of carbonyl (C=O) groups is 1. The number of carbonyl (C=O) groups excluding carboxylic acids is 1. The van der Waals surface area contributed by atoms with Gasteiger partial charge >= 0.3 is 5.97 Å². The van der Waals surface area contributed by atoms with Crippen LogP contribution in [0.4, 0.5) is 0 Å². The van der Waals surface area contributed by atoms with Crippen LogP contribution in [0.3, 0.4) is 0 Å². The van der Waals surface area contributed by atoms with Crippen LogP contribution < -0.4 is 0 Å². The summed E-state index contributed by atoms with van der Waals surface area (Å²) < 4.78 is 17.0. The molecule has 0 aromatic rings. The Balaban J connectivity index is 2.84. The number of rotatable bonds is 3. The van der Waals surface area contributed by atoms with Crippen LogP contribution >= 0.6 is 0 Å². The van der Waals surface area contributed by atoms with Gasteiger partial charge in [0.1, 0.15) is 18.3 Å². The molecule has 1 aliphatic heterocycles. The number of esters is 1. The van der Waals surface area contributed by atoms with Crippen molar-refractivity contribution in [2.45, 2.75) is 51.0 Å². The van der Waals surface area contributed by atoms with Crippen LogP contribution in [0, 0.1) is 5.92 Å². The molecule has 1 heterocycles. The average Bonchev–Trinajstić information content (AvgIpc) is 2.37. The zero-order chi connectivity index (χ0) is 14.8. The van der Waals surface area contributed by atoms with Gasteiger partial charge in [-0.25, -0.2) is 0 Å². The lowest BCUT2D eigenvalue weighted by molar-refractivity contribution is -0.343. The van der Waals surface area contributed by atoms with Gasteiger partial charge in [-0.3, -0.25) is 4.79 Å². The van der Waals surface area contributed by atoms with E-state index in [4.69, 9.17) is 16.0 Å². The number of hydrogen-bond acceptors (Lipinski definition) is 7. The Morgan fingerprint density at radius 3 is 2.67 bits per heavy atom. The molecule has 1 fully saturated rings. The smallest absolute Gasteiger partial charge is 0.308 e. The van der Waals surface area contributed by atoms with Gasteiger partial charge in [-0.05, 0) is 6.92 Å². The van der Waals surface area contributed by atoms with Crippen LogP contribution in [-0.2, 0) is 14.3 Å². The summed E-state index contributed by atoms with van der Waals surface area (Å²) in [5, 5.41) is 38.5. The molecule has 2 unspecified atom stereocenters. The third-order valence-electron chi connectivity index (χ3n) is 2.78. The zero-order valence-corrected chi connectivity index (χ0v) is 10.3. The van der Waals surface area contributed by atoms with Crippen LogP contribution in [0.2, 0.25) is 0 Å². The second-order valence-electron chi connectivity index (χ2n) is 4.63. The summed E-state index contributed by atoms with van der Waals surface area (Å²) in [5.74, 6) is -3.54. The number of hydrogen-bond donors (Lipinski definition) is 4. The van der Waals surface area contributed by atoms with Crippen molar-refractivity contribution >= 4 is 5.97 Å². The maximum Gasteiger partial charge on any atom is 0.308 e. The van der Waals surface area contributed by atoms with Gasteiger partial charge in [0.15, 0.2) is 6.10 Å². The molecule has 0 bridgehead atoms. The number of ether oxygens (including phenoxy) is 2. The predicted molar refractivity (Wildman–Crippen MR) is 59.3 cm³/mol. The first-order chi connectivity index (χ1) is 8.74. The van der Waals surface area contributed by atoms with Gasteiger partial charge in [0.05, 0.1) is 12.5 Å². The van der Waals surface area contributed by atoms with Gasteiger partial charge in [0.2, 0.25) is 5.79 Å². The topological polar surface area (TPSA) is 116 Å². The van der Waals surface area contributed by atoms with Crippen molar-refractivity contribution in [3.63, 3.8) is 0 Å². The third kappa shape index (κ3) is 2.99. The molecule has 1 saturated heterocycles. The quantitative estimate of drug-likeness (QED) is 0.453. The lowest BCUT2D eigenvalue weighted by atomic mass is 9.93. The van der Waals surface area contributed by atoms with Gasteiger partial charge in [-0.1, -0.05) is 13.8 Å². The lowest BCUT2D eigenvalue weighted by Crippen LogP contribution is -2.65. The fourth-order valence-corrected chi connectivity index (χ4v) is 1.72. The minimum atomic E-state index is -2.04. The summed E-state index contributed by atoms with van der Waals surface area (Å²) in [7, 11) is 0. The van der Waals surface area contributed by atoms with Crippen molar-refractivity contribution in [3.05, 3.63) is 0 Å². The van der Waals surface area contributed by atoms with Crippen LogP contribution in [0.15, 0.2) is 0 Å². The fraction of sp³-hybridized carbons (Fsp3) is 0.909. The van der Waals surface area contributed by atoms with Crippen molar-refractivity contribution in [3.8, 4) is 0 Å². The Morgan fingerprint density at radius 1 is 1.56 bits per heavy atom. The Bertz CT molecular complexity index is 322. The standard InChI is InChI=1S/C11H20O7/c1-5(2)10(15)17-9-8(14)7(13)6(4-12)18-11(9,3)16/h5-9,12-14,16H,4H2,1-3H3/t6-,7-,8+,9-,11?/m1/s1/i1D/t5?,6-,7-,8+,9-,11?. The van der Waals surface area contributed by atoms with Crippen molar-refractivity contribution in [2.75, 3.05) is 6.61 Å². The van der Waals surface area contributed by atoms with E-state index in [0.29, 0.717) is 0 Å². The highest BCUT2D eigenvalue weighted by Crippen LogP contribution is 2.30. The molecule has 7 heteroatoms. The summed E-state index contributed by atoms with van der Waals surface area (Å²) >= 11 is 0. The molecular formula is C11H20O7. The molecule has 4 N–H and O–H groups in total. The van der Waals surface area contributed by atoms with Crippen LogP contribution in [0.5, 0.6) is 0 Å². The number of aliphatic hydroxyl groups excluding tert-OH is 3. The van der Waals surface area contributed by atoms with Crippen molar-refractivity contribution in [1.82, 2.24) is 0 Å². The SMILES string of the molecule is [2H]CC(C)C(=O)O[C@@H]1[C@@H](O)[C@H](O)[C@@H](CO)OC1(C)O. The summed E-state index contributed by atoms with van der Waals surface area (Å²) in [6.07, 6.45) is -5.75. The van der Waals surface area contributed by atoms with Gasteiger partial charge in [-0.15, -0.1) is 0 Å². The summed E-state index contributed by atoms with van der Waals surface area (Å²) in [5.41, 5.74) is 0. The Kier molecular flexibility index (Phi) is 4.18. The van der Waals surface area contributed by atoms with Crippen LogP contribution in [-0.4, -0.2) is 63.2 Å². The van der Waals surface area contributed by atoms with Crippen molar-refractivity contribution in [1.29, 1.82) is 0 Å². The van der Waals surface area contributed by atoms with E-state index < -0.39 is 48.7 Å². The molecule has 1 aliphatic rings. The molecule has 1 rings (SSSR count). The molecule has 0 radical (unpaired) electrons. The van der Waals surface area contributed by atoms with Gasteiger partial charge in [-0.2, -0.15) is 0 Å². The number of aliphatic hydroxyl groups is 4. The molecule has 0 amide bonds. The Labute approximate surface area is 106 Å². The molecule has 0 spiro atoms. The van der Waals surface area contributed by atoms with Crippen LogP contribution in [0.25, 0.3) is 0 Å². The largest absolute Gasteiger partial charge is 0.454 e. The van der Waals surface area contributed by atoms with Crippen molar-refractivity contribution < 1.29 is 36.1 Å². The summed E-state index contributed by atoms with van der Waals surface area (Å²) in [6.45, 7) is 1.83. The fourth-order valence-electron chi connectivity index (χ4n) is 1.72. The van der Waals surface area contributed by atoms with E-state index in [0.717, 1.165) is 6.92 Å².